The maximum atomic E-state index is 12.6. The van der Waals surface area contributed by atoms with Crippen molar-refractivity contribution in [2.45, 2.75) is 257 Å². The molecule has 0 aliphatic carbocycles. The molecule has 0 radical (unpaired) electrons. The molecule has 0 aromatic rings. The lowest BCUT2D eigenvalue weighted by Crippen LogP contribution is -2.50. The molecule has 0 aliphatic heterocycles. The predicted molar refractivity (Wildman–Crippen MR) is 250 cm³/mol. The van der Waals surface area contributed by atoms with Gasteiger partial charge < -0.3 is 15.5 Å². The van der Waals surface area contributed by atoms with Gasteiger partial charge in [-0.25, -0.2) is 0 Å². The van der Waals surface area contributed by atoms with Crippen LogP contribution < -0.4 is 5.32 Å². The molecule has 7 nitrogen and oxygen atoms in total. The summed E-state index contributed by atoms with van der Waals surface area (Å²) in [5, 5.41) is 23.5. The highest BCUT2D eigenvalue weighted by Crippen LogP contribution is 2.15. The van der Waals surface area contributed by atoms with Gasteiger partial charge in [0.1, 0.15) is 6.10 Å². The van der Waals surface area contributed by atoms with Crippen LogP contribution in [0.4, 0.5) is 0 Å². The van der Waals surface area contributed by atoms with Crippen LogP contribution in [0.3, 0.4) is 0 Å². The van der Waals surface area contributed by atoms with E-state index in [0.29, 0.717) is 12.8 Å². The van der Waals surface area contributed by atoms with Gasteiger partial charge in [0, 0.05) is 0 Å². The number of hydrogen-bond acceptors (Lipinski definition) is 5. The molecule has 3 atom stereocenters. The van der Waals surface area contributed by atoms with Crippen molar-refractivity contribution in [3.05, 3.63) is 48.6 Å². The minimum absolute atomic E-state index is 0.261. The Morgan fingerprint density at radius 1 is 0.483 bits per heavy atom. The molecule has 58 heavy (non-hydrogen) atoms. The molecule has 3 unspecified atom stereocenters. The van der Waals surface area contributed by atoms with Crippen molar-refractivity contribution in [3.63, 3.8) is 0 Å². The fourth-order valence-electron chi connectivity index (χ4n) is 7.33. The van der Waals surface area contributed by atoms with Crippen LogP contribution in [-0.2, 0) is 14.9 Å². The van der Waals surface area contributed by atoms with Gasteiger partial charge in [-0.3, -0.25) is 9.35 Å². The highest BCUT2D eigenvalue weighted by Gasteiger charge is 2.27. The van der Waals surface area contributed by atoms with Gasteiger partial charge in [-0.1, -0.05) is 223 Å². The first-order chi connectivity index (χ1) is 28.2. The largest absolute Gasteiger partial charge is 0.387 e. The Labute approximate surface area is 359 Å². The van der Waals surface area contributed by atoms with Gasteiger partial charge in [0.15, 0.2) is 0 Å². The first kappa shape index (κ1) is 56.3. The van der Waals surface area contributed by atoms with E-state index in [-0.39, 0.29) is 6.42 Å². The van der Waals surface area contributed by atoms with Gasteiger partial charge in [0.05, 0.1) is 17.9 Å². The van der Waals surface area contributed by atoms with Crippen molar-refractivity contribution >= 4 is 16.0 Å². The van der Waals surface area contributed by atoms with E-state index in [0.717, 1.165) is 57.8 Å². The fraction of sp³-hybridized carbons (Fsp3) is 0.820. The zero-order valence-electron chi connectivity index (χ0n) is 37.8. The van der Waals surface area contributed by atoms with Gasteiger partial charge in [0.2, 0.25) is 5.91 Å². The summed E-state index contributed by atoms with van der Waals surface area (Å²) in [5.41, 5.74) is 0. The molecule has 340 valence electrons. The van der Waals surface area contributed by atoms with Crippen molar-refractivity contribution in [2.75, 3.05) is 5.75 Å². The van der Waals surface area contributed by atoms with Crippen molar-refractivity contribution in [1.82, 2.24) is 5.32 Å². The first-order valence-corrected chi connectivity index (χ1v) is 26.1. The molecule has 0 aromatic heterocycles. The number of unbranched alkanes of at least 4 members (excludes halogenated alkanes) is 29. The summed E-state index contributed by atoms with van der Waals surface area (Å²) in [7, 11) is -4.46. The summed E-state index contributed by atoms with van der Waals surface area (Å²) in [4.78, 5) is 12.6. The Hall–Kier alpha value is -1.74. The van der Waals surface area contributed by atoms with Gasteiger partial charge in [-0.2, -0.15) is 8.42 Å². The average molecular weight is 836 g/mol. The van der Waals surface area contributed by atoms with Crippen LogP contribution in [0.2, 0.25) is 0 Å². The highest BCUT2D eigenvalue weighted by molar-refractivity contribution is 7.85. The average Bonchev–Trinajstić information content (AvgIpc) is 3.19. The highest BCUT2D eigenvalue weighted by atomic mass is 32.2. The molecule has 0 aliphatic rings. The summed E-state index contributed by atoms with van der Waals surface area (Å²) in [5.74, 6) is -1.57. The molecule has 0 saturated carbocycles. The predicted octanol–water partition coefficient (Wildman–Crippen LogP) is 14.0. The minimum atomic E-state index is -4.46. The molecule has 0 bridgehead atoms. The molecule has 0 spiro atoms. The summed E-state index contributed by atoms with van der Waals surface area (Å²) in [6.45, 7) is 4.53. The second-order valence-corrected chi connectivity index (χ2v) is 18.4. The zero-order chi connectivity index (χ0) is 42.6. The van der Waals surface area contributed by atoms with E-state index in [1.165, 1.54) is 154 Å². The van der Waals surface area contributed by atoms with Crippen molar-refractivity contribution < 1.29 is 28.0 Å². The number of hydrogen-bond donors (Lipinski definition) is 4. The van der Waals surface area contributed by atoms with E-state index in [1.54, 1.807) is 6.08 Å². The third-order valence-corrected chi connectivity index (χ3v) is 11.9. The zero-order valence-corrected chi connectivity index (χ0v) is 38.6. The van der Waals surface area contributed by atoms with Crippen molar-refractivity contribution in [1.29, 1.82) is 0 Å². The monoisotopic (exact) mass is 836 g/mol. The van der Waals surface area contributed by atoms with Crippen LogP contribution in [0.5, 0.6) is 0 Å². The third kappa shape index (κ3) is 42.4. The van der Waals surface area contributed by atoms with Crippen molar-refractivity contribution in [3.8, 4) is 0 Å². The second kappa shape index (κ2) is 43.4. The summed E-state index contributed by atoms with van der Waals surface area (Å²) in [6.07, 6.45) is 56.0. The molecule has 0 rings (SSSR count). The minimum Gasteiger partial charge on any atom is -0.387 e. The number of rotatable bonds is 44. The number of carbonyl (C=O) groups excluding carboxylic acids is 1. The van der Waals surface area contributed by atoms with E-state index >= 15 is 0 Å². The van der Waals surface area contributed by atoms with E-state index < -0.39 is 40.0 Å². The number of amides is 1. The van der Waals surface area contributed by atoms with E-state index in [1.807, 2.05) is 0 Å². The molecule has 1 amide bonds. The Kier molecular flexibility index (Phi) is 42.1. The van der Waals surface area contributed by atoms with Crippen LogP contribution in [0.1, 0.15) is 239 Å². The van der Waals surface area contributed by atoms with Crippen molar-refractivity contribution in [2.24, 2.45) is 0 Å². The summed E-state index contributed by atoms with van der Waals surface area (Å²) >= 11 is 0. The van der Waals surface area contributed by atoms with Crippen LogP contribution in [0.15, 0.2) is 48.6 Å². The molecular weight excluding hydrogens is 743 g/mol. The van der Waals surface area contributed by atoms with E-state index in [4.69, 9.17) is 0 Å². The summed E-state index contributed by atoms with van der Waals surface area (Å²) in [6, 6.07) is -1.26. The molecule has 4 N–H and O–H groups in total. The second-order valence-electron chi connectivity index (χ2n) is 16.9. The van der Waals surface area contributed by atoms with Gasteiger partial charge in [-0.05, 0) is 64.2 Å². The van der Waals surface area contributed by atoms with Gasteiger partial charge in [-0.15, -0.1) is 0 Å². The quantitative estimate of drug-likeness (QED) is 0.0275. The fourth-order valence-corrected chi connectivity index (χ4v) is 8.06. The van der Waals surface area contributed by atoms with Crippen LogP contribution in [-0.4, -0.2) is 53.1 Å². The maximum absolute atomic E-state index is 12.6. The molecule has 8 heteroatoms. The smallest absolute Gasteiger partial charge is 0.267 e. The standard InChI is InChI=1S/C50H93NO6S/c1-3-5-7-9-11-13-15-17-19-21-23-24-25-27-29-31-33-35-37-39-41-43-45-49(53)50(54)51-47(46-58(55,56)57)48(52)44-42-40-38-36-34-32-30-28-26-22-20-18-16-14-12-10-8-6-4-2/h23-24,27,29,34,36,42,44,47-49,52-53H,3-22,25-26,28,30-33,35,37-41,43,45-46H2,1-2H3,(H,51,54)(H,55,56,57)/b24-23-,29-27-,36-34+,44-42+. The van der Waals surface area contributed by atoms with Crippen LogP contribution >= 0.6 is 0 Å². The van der Waals surface area contributed by atoms with Gasteiger partial charge in [0.25, 0.3) is 10.1 Å². The number of allylic oxidation sites excluding steroid dienone is 7. The Morgan fingerprint density at radius 3 is 1.24 bits per heavy atom. The third-order valence-electron chi connectivity index (χ3n) is 11.1. The van der Waals surface area contributed by atoms with E-state index in [2.05, 4.69) is 55.6 Å². The Balaban J connectivity index is 4.00. The number of nitrogens with one attached hydrogen (secondary N) is 1. The number of carbonyl (C=O) groups is 1. The van der Waals surface area contributed by atoms with E-state index in [9.17, 15) is 28.0 Å². The number of aliphatic hydroxyl groups excluding tert-OH is 2. The molecule has 0 fully saturated rings. The normalized spacial score (nSPS) is 14.1. The maximum Gasteiger partial charge on any atom is 0.267 e. The Morgan fingerprint density at radius 2 is 0.828 bits per heavy atom. The Bertz CT molecular complexity index is 1120. The molecule has 0 aromatic carbocycles. The van der Waals surface area contributed by atoms with Gasteiger partial charge >= 0.3 is 0 Å². The SMILES string of the molecule is CCCCCCCCCCC/C=C\C/C=C\CCCCCCCCC(O)C(=O)NC(CS(=O)(=O)O)C(O)/C=C/CC/C=C/CCCCCCCCCCCCCCC. The summed E-state index contributed by atoms with van der Waals surface area (Å²) < 4.78 is 32.7. The molecular formula is C50H93NO6S. The molecule has 0 saturated heterocycles. The lowest BCUT2D eigenvalue weighted by Gasteiger charge is -2.22. The first-order valence-electron chi connectivity index (χ1n) is 24.4. The topological polar surface area (TPSA) is 124 Å². The molecule has 0 heterocycles. The lowest BCUT2D eigenvalue weighted by molar-refractivity contribution is -0.130. The number of aliphatic hydroxyl groups is 2. The lowest BCUT2D eigenvalue weighted by atomic mass is 10.0. The van der Waals surface area contributed by atoms with Crippen LogP contribution in [0.25, 0.3) is 0 Å². The van der Waals surface area contributed by atoms with Crippen LogP contribution in [0, 0.1) is 0 Å².